The number of hydrogen-bond acceptors (Lipinski definition) is 9. The minimum absolute atomic E-state index is 0.108. The van der Waals surface area contributed by atoms with Gasteiger partial charge >= 0.3 is 6.01 Å². The molecule has 44 heavy (non-hydrogen) atoms. The van der Waals surface area contributed by atoms with Gasteiger partial charge in [-0.3, -0.25) is 4.90 Å². The number of fused-ring (bicyclic) bond motifs is 7. The lowest BCUT2D eigenvalue weighted by molar-refractivity contribution is 0.107. The number of halogens is 1. The summed E-state index contributed by atoms with van der Waals surface area (Å²) in [4.78, 5) is 19.7. The van der Waals surface area contributed by atoms with Crippen molar-refractivity contribution in [3.8, 4) is 28.9 Å². The number of pyridine rings is 1. The summed E-state index contributed by atoms with van der Waals surface area (Å²) in [6.07, 6.45) is 4.73. The highest BCUT2D eigenvalue weighted by Gasteiger charge is 2.50. The van der Waals surface area contributed by atoms with E-state index < -0.39 is 6.17 Å². The Labute approximate surface area is 255 Å². The monoisotopic (exact) mass is 596 g/mol. The number of ether oxygens (including phenoxy) is 2. The molecule has 2 aromatic heterocycles. The van der Waals surface area contributed by atoms with Crippen molar-refractivity contribution in [2.75, 3.05) is 37.7 Å². The Morgan fingerprint density at radius 3 is 2.98 bits per heavy atom. The van der Waals surface area contributed by atoms with Crippen LogP contribution in [0, 0.1) is 0 Å². The summed E-state index contributed by atoms with van der Waals surface area (Å²) in [6.45, 7) is 5.21. The van der Waals surface area contributed by atoms with Gasteiger partial charge < -0.3 is 24.8 Å². The van der Waals surface area contributed by atoms with E-state index in [2.05, 4.69) is 28.1 Å². The minimum Gasteiger partial charge on any atom is -0.508 e. The molecule has 5 aliphatic rings. The van der Waals surface area contributed by atoms with Crippen LogP contribution in [0.5, 0.6) is 17.6 Å². The number of nitrogens with one attached hydrogen (secondary N) is 1. The number of hydrogen-bond donors (Lipinski definition) is 2. The summed E-state index contributed by atoms with van der Waals surface area (Å²) in [6, 6.07) is 12.9. The molecular formula is C34H37FN6O3. The number of benzene rings is 2. The molecule has 4 saturated heterocycles. The van der Waals surface area contributed by atoms with Gasteiger partial charge in [-0.2, -0.15) is 9.97 Å². The number of phenols is 1. The van der Waals surface area contributed by atoms with Crippen LogP contribution in [0.25, 0.3) is 32.9 Å². The van der Waals surface area contributed by atoms with Crippen molar-refractivity contribution in [2.45, 2.75) is 75.3 Å². The fraction of sp³-hybridized carbons (Fsp3) is 0.500. The number of anilines is 1. The zero-order valence-electron chi connectivity index (χ0n) is 24.9. The van der Waals surface area contributed by atoms with Gasteiger partial charge in [-0.1, -0.05) is 25.1 Å². The molecular weight excluding hydrogens is 559 g/mol. The molecule has 9 rings (SSSR count). The summed E-state index contributed by atoms with van der Waals surface area (Å²) >= 11 is 0. The van der Waals surface area contributed by atoms with Crippen molar-refractivity contribution in [3.05, 3.63) is 42.0 Å². The Hall–Kier alpha value is -3.76. The Morgan fingerprint density at radius 2 is 2.07 bits per heavy atom. The summed E-state index contributed by atoms with van der Waals surface area (Å²) in [5.74, 6) is 1.49. The van der Waals surface area contributed by atoms with Crippen molar-refractivity contribution in [2.24, 2.45) is 0 Å². The molecule has 10 heteroatoms. The second-order valence-corrected chi connectivity index (χ2v) is 13.3. The van der Waals surface area contributed by atoms with Crippen LogP contribution in [0.1, 0.15) is 44.6 Å². The highest BCUT2D eigenvalue weighted by atomic mass is 19.1. The largest absolute Gasteiger partial charge is 0.508 e. The van der Waals surface area contributed by atoms with E-state index in [1.165, 1.54) is 5.56 Å². The quantitative estimate of drug-likeness (QED) is 0.338. The lowest BCUT2D eigenvalue weighted by atomic mass is 9.95. The lowest BCUT2D eigenvalue weighted by Crippen LogP contribution is -2.60. The van der Waals surface area contributed by atoms with E-state index in [1.807, 2.05) is 18.2 Å². The number of aromatic hydroxyl groups is 1. The SMILES string of the molecule is CCc1cccc2cc(O)cc(-c3cc4nc(OC[C@@]56CCCN5C[C@H](F)C6)nc5c4c(n3)OCC3C4CCC(CN53)N4)c12. The standard InChI is InChI=1S/C34H37FN6O3/c1-2-19-5-3-6-20-11-23(42)12-24(29(19)20)26-13-27-30-31(41-16-22-7-8-25(36-22)28(41)17-43-32(30)37-26)39-33(38-27)44-18-34-9-4-10-40(34)15-21(35)14-34/h3,5-6,11-13,21-22,25,28,36,42H,2,4,7-10,14-18H2,1H3/t21-,22?,25?,28?,34+/m1/s1. The Balaban J connectivity index is 1.21. The second-order valence-electron chi connectivity index (χ2n) is 13.3. The fourth-order valence-corrected chi connectivity index (χ4v) is 8.73. The molecule has 3 unspecified atom stereocenters. The Morgan fingerprint density at radius 1 is 1.14 bits per heavy atom. The molecule has 4 fully saturated rings. The molecule has 2 aromatic carbocycles. The Bertz CT molecular complexity index is 1800. The maximum Gasteiger partial charge on any atom is 0.319 e. The predicted molar refractivity (Wildman–Crippen MR) is 166 cm³/mol. The average molecular weight is 597 g/mol. The molecule has 0 radical (unpaired) electrons. The predicted octanol–water partition coefficient (Wildman–Crippen LogP) is 4.77. The van der Waals surface area contributed by atoms with Crippen LogP contribution in [0.2, 0.25) is 0 Å². The normalized spacial score (nSPS) is 29.1. The van der Waals surface area contributed by atoms with Crippen LogP contribution in [-0.2, 0) is 6.42 Å². The van der Waals surface area contributed by atoms with Crippen LogP contribution in [-0.4, -0.2) is 87.6 Å². The number of phenolic OH excluding ortho intramolecular Hbond substituents is 1. The molecule has 5 atom stereocenters. The highest BCUT2D eigenvalue weighted by Crippen LogP contribution is 2.44. The van der Waals surface area contributed by atoms with Crippen LogP contribution >= 0.6 is 0 Å². The number of alkyl halides is 1. The first-order valence-corrected chi connectivity index (χ1v) is 16.1. The number of piperazine rings is 1. The van der Waals surface area contributed by atoms with Crippen molar-refractivity contribution in [1.82, 2.24) is 25.2 Å². The van der Waals surface area contributed by atoms with Crippen molar-refractivity contribution in [1.29, 1.82) is 0 Å². The van der Waals surface area contributed by atoms with Gasteiger partial charge in [-0.15, -0.1) is 0 Å². The van der Waals surface area contributed by atoms with Crippen LogP contribution < -0.4 is 19.7 Å². The van der Waals surface area contributed by atoms with Crippen molar-refractivity contribution in [3.63, 3.8) is 0 Å². The molecule has 5 aliphatic heterocycles. The summed E-state index contributed by atoms with van der Waals surface area (Å²) in [5, 5.41) is 17.3. The second kappa shape index (κ2) is 9.87. The van der Waals surface area contributed by atoms with E-state index in [0.29, 0.717) is 61.4 Å². The van der Waals surface area contributed by atoms with E-state index in [-0.39, 0.29) is 17.3 Å². The third-order valence-electron chi connectivity index (χ3n) is 10.8. The van der Waals surface area contributed by atoms with Gasteiger partial charge in [-0.05, 0) is 73.2 Å². The summed E-state index contributed by atoms with van der Waals surface area (Å²) in [7, 11) is 0. The van der Waals surface area contributed by atoms with E-state index in [0.717, 1.165) is 72.7 Å². The Kier molecular flexibility index (Phi) is 5.97. The first-order chi connectivity index (χ1) is 21.5. The van der Waals surface area contributed by atoms with Crippen molar-refractivity contribution >= 4 is 27.5 Å². The molecule has 9 nitrogen and oxygen atoms in total. The highest BCUT2D eigenvalue weighted by molar-refractivity contribution is 6.02. The number of rotatable bonds is 5. The van der Waals surface area contributed by atoms with Gasteiger partial charge in [0.15, 0.2) is 0 Å². The lowest BCUT2D eigenvalue weighted by Gasteiger charge is -2.40. The van der Waals surface area contributed by atoms with Gasteiger partial charge in [0, 0.05) is 37.2 Å². The number of aryl methyl sites for hydroxylation is 1. The van der Waals surface area contributed by atoms with E-state index in [9.17, 15) is 9.50 Å². The maximum atomic E-state index is 14.5. The minimum atomic E-state index is -0.823. The number of nitrogens with zero attached hydrogens (tertiary/aromatic N) is 5. The fourth-order valence-electron chi connectivity index (χ4n) is 8.73. The van der Waals surface area contributed by atoms with Gasteiger partial charge in [-0.25, -0.2) is 9.37 Å². The summed E-state index contributed by atoms with van der Waals surface area (Å²) in [5.41, 5.74) is 3.10. The van der Waals surface area contributed by atoms with Gasteiger partial charge in [0.25, 0.3) is 0 Å². The third-order valence-corrected chi connectivity index (χ3v) is 10.8. The molecule has 7 heterocycles. The van der Waals surface area contributed by atoms with Gasteiger partial charge in [0.1, 0.15) is 36.3 Å². The molecule has 0 amide bonds. The molecule has 0 saturated carbocycles. The first-order valence-electron chi connectivity index (χ1n) is 16.1. The molecule has 4 aromatic rings. The molecule has 2 bridgehead atoms. The van der Waals surface area contributed by atoms with E-state index in [4.69, 9.17) is 24.4 Å². The smallest absolute Gasteiger partial charge is 0.319 e. The number of aromatic nitrogens is 3. The maximum absolute atomic E-state index is 14.5. The zero-order chi connectivity index (χ0) is 29.6. The van der Waals surface area contributed by atoms with Gasteiger partial charge in [0.05, 0.1) is 22.8 Å². The van der Waals surface area contributed by atoms with Crippen molar-refractivity contribution < 1.29 is 19.0 Å². The molecule has 228 valence electrons. The summed E-state index contributed by atoms with van der Waals surface area (Å²) < 4.78 is 27.5. The van der Waals surface area contributed by atoms with E-state index in [1.54, 1.807) is 12.1 Å². The van der Waals surface area contributed by atoms with Gasteiger partial charge in [0.2, 0.25) is 5.88 Å². The molecule has 0 spiro atoms. The molecule has 2 N–H and O–H groups in total. The van der Waals surface area contributed by atoms with E-state index >= 15 is 0 Å². The first kappa shape index (κ1) is 26.6. The van der Waals surface area contributed by atoms with Crippen LogP contribution in [0.3, 0.4) is 0 Å². The zero-order valence-corrected chi connectivity index (χ0v) is 24.9. The third kappa shape index (κ3) is 4.06. The van der Waals surface area contributed by atoms with Crippen LogP contribution in [0.15, 0.2) is 36.4 Å². The molecule has 0 aliphatic carbocycles. The topological polar surface area (TPSA) is 95.9 Å². The van der Waals surface area contributed by atoms with Crippen LogP contribution in [0.4, 0.5) is 10.2 Å². The average Bonchev–Trinajstić information content (AvgIpc) is 3.66.